The summed E-state index contributed by atoms with van der Waals surface area (Å²) in [5.74, 6) is 1.56. The van der Waals surface area contributed by atoms with Crippen molar-refractivity contribution in [1.82, 2.24) is 14.9 Å². The van der Waals surface area contributed by atoms with E-state index >= 15 is 0 Å². The monoisotopic (exact) mass is 336 g/mol. The first kappa shape index (κ1) is 17.1. The molecule has 0 saturated heterocycles. The van der Waals surface area contributed by atoms with Gasteiger partial charge in [0.25, 0.3) is 0 Å². The Bertz CT molecular complexity index is 684. The highest BCUT2D eigenvalue weighted by molar-refractivity contribution is 6.32. The average Bonchev–Trinajstić information content (AvgIpc) is 2.90. The van der Waals surface area contributed by atoms with Crippen LogP contribution in [-0.4, -0.2) is 22.7 Å². The fraction of sp³-hybridized carbons (Fsp3) is 0.375. The molecule has 23 heavy (non-hydrogen) atoms. The second-order valence-corrected chi connectivity index (χ2v) is 5.97. The van der Waals surface area contributed by atoms with Crippen molar-refractivity contribution in [3.8, 4) is 5.75 Å². The van der Waals surface area contributed by atoms with Crippen molar-refractivity contribution in [2.45, 2.75) is 19.9 Å². The molecular formula is C16H21ClN4O2. The van der Waals surface area contributed by atoms with Crippen LogP contribution < -0.4 is 15.4 Å². The van der Waals surface area contributed by atoms with Crippen molar-refractivity contribution in [2.24, 2.45) is 13.0 Å². The number of carbonyl (C=O) groups excluding carboxylic acids is 1. The van der Waals surface area contributed by atoms with Gasteiger partial charge in [-0.3, -0.25) is 0 Å². The first-order chi connectivity index (χ1) is 10.9. The number of imidazole rings is 1. The summed E-state index contributed by atoms with van der Waals surface area (Å²) in [6.45, 7) is 4.06. The number of nitrogens with zero attached hydrogens (tertiary/aromatic N) is 2. The quantitative estimate of drug-likeness (QED) is 0.876. The summed E-state index contributed by atoms with van der Waals surface area (Å²) in [5, 5.41) is 6.16. The molecule has 0 bridgehead atoms. The Morgan fingerprint density at radius 2 is 2.13 bits per heavy atom. The highest BCUT2D eigenvalue weighted by Crippen LogP contribution is 2.27. The van der Waals surface area contributed by atoms with Crippen LogP contribution in [0.25, 0.3) is 0 Å². The number of carbonyl (C=O) groups is 1. The lowest BCUT2D eigenvalue weighted by atomic mass is 10.0. The predicted octanol–water partition coefficient (Wildman–Crippen LogP) is 3.60. The molecular weight excluding hydrogens is 316 g/mol. The minimum Gasteiger partial charge on any atom is -0.495 e. The van der Waals surface area contributed by atoms with Gasteiger partial charge in [0.1, 0.15) is 11.6 Å². The van der Waals surface area contributed by atoms with Crippen molar-refractivity contribution in [2.75, 3.05) is 12.4 Å². The zero-order chi connectivity index (χ0) is 17.0. The standard InChI is InChI=1S/C16H21ClN4O2/c1-10(2)14(15-18-7-8-21(15)3)20-16(22)19-11-5-6-13(23-4)12(17)9-11/h5-10,14H,1-4H3,(H2,19,20,22). The molecule has 2 aromatic rings. The normalized spacial score (nSPS) is 12.1. The van der Waals surface area contributed by atoms with E-state index in [0.29, 0.717) is 16.5 Å². The van der Waals surface area contributed by atoms with Gasteiger partial charge in [0.05, 0.1) is 18.2 Å². The largest absolute Gasteiger partial charge is 0.495 e. The number of anilines is 1. The minimum atomic E-state index is -0.312. The molecule has 0 radical (unpaired) electrons. The van der Waals surface area contributed by atoms with E-state index in [4.69, 9.17) is 16.3 Å². The number of methoxy groups -OCH3 is 1. The third kappa shape index (κ3) is 4.16. The third-order valence-electron chi connectivity index (χ3n) is 3.50. The van der Waals surface area contributed by atoms with E-state index in [2.05, 4.69) is 15.6 Å². The van der Waals surface area contributed by atoms with E-state index in [9.17, 15) is 4.79 Å². The average molecular weight is 337 g/mol. The summed E-state index contributed by atoms with van der Waals surface area (Å²) in [5.41, 5.74) is 0.593. The number of hydrogen-bond acceptors (Lipinski definition) is 3. The van der Waals surface area contributed by atoms with E-state index in [0.717, 1.165) is 5.82 Å². The van der Waals surface area contributed by atoms with Gasteiger partial charge in [0.2, 0.25) is 0 Å². The van der Waals surface area contributed by atoms with Gasteiger partial charge >= 0.3 is 6.03 Å². The lowest BCUT2D eigenvalue weighted by molar-refractivity contribution is 0.243. The molecule has 1 heterocycles. The molecule has 1 unspecified atom stereocenters. The highest BCUT2D eigenvalue weighted by atomic mass is 35.5. The fourth-order valence-electron chi connectivity index (χ4n) is 2.26. The molecule has 0 aliphatic carbocycles. The summed E-state index contributed by atoms with van der Waals surface area (Å²) in [6.07, 6.45) is 3.57. The lowest BCUT2D eigenvalue weighted by Crippen LogP contribution is -2.36. The first-order valence-electron chi connectivity index (χ1n) is 7.30. The summed E-state index contributed by atoms with van der Waals surface area (Å²) in [4.78, 5) is 16.6. The van der Waals surface area contributed by atoms with Crippen LogP contribution >= 0.6 is 11.6 Å². The van der Waals surface area contributed by atoms with E-state index in [1.807, 2.05) is 31.7 Å². The van der Waals surface area contributed by atoms with Gasteiger partial charge in [0, 0.05) is 25.1 Å². The van der Waals surface area contributed by atoms with Crippen molar-refractivity contribution in [1.29, 1.82) is 0 Å². The number of halogens is 1. The van der Waals surface area contributed by atoms with E-state index in [1.54, 1.807) is 31.5 Å². The number of aryl methyl sites for hydroxylation is 1. The highest BCUT2D eigenvalue weighted by Gasteiger charge is 2.22. The molecule has 1 aromatic heterocycles. The Morgan fingerprint density at radius 1 is 1.39 bits per heavy atom. The molecule has 0 aliphatic heterocycles. The Hall–Kier alpha value is -2.21. The maximum absolute atomic E-state index is 12.3. The zero-order valence-corrected chi connectivity index (χ0v) is 14.4. The molecule has 0 saturated carbocycles. The molecule has 0 fully saturated rings. The van der Waals surface area contributed by atoms with Gasteiger partial charge in [-0.05, 0) is 24.1 Å². The van der Waals surface area contributed by atoms with Gasteiger partial charge in [0.15, 0.2) is 0 Å². The maximum Gasteiger partial charge on any atom is 0.319 e. The van der Waals surface area contributed by atoms with Gasteiger partial charge in [-0.1, -0.05) is 25.4 Å². The lowest BCUT2D eigenvalue weighted by Gasteiger charge is -2.22. The number of amides is 2. The first-order valence-corrected chi connectivity index (χ1v) is 7.68. The molecule has 2 rings (SSSR count). The Balaban J connectivity index is 2.08. The van der Waals surface area contributed by atoms with Gasteiger partial charge < -0.3 is 19.9 Å². The van der Waals surface area contributed by atoms with Crippen molar-refractivity contribution < 1.29 is 9.53 Å². The second-order valence-electron chi connectivity index (χ2n) is 5.57. The Kier molecular flexibility index (Phi) is 5.50. The summed E-state index contributed by atoms with van der Waals surface area (Å²) in [7, 11) is 3.45. The van der Waals surface area contributed by atoms with E-state index in [-0.39, 0.29) is 18.0 Å². The summed E-state index contributed by atoms with van der Waals surface area (Å²) in [6, 6.07) is 4.58. The van der Waals surface area contributed by atoms with Crippen molar-refractivity contribution in [3.05, 3.63) is 41.4 Å². The molecule has 2 N–H and O–H groups in total. The van der Waals surface area contributed by atoms with Crippen LogP contribution in [-0.2, 0) is 7.05 Å². The predicted molar refractivity (Wildman–Crippen MR) is 90.9 cm³/mol. The molecule has 7 heteroatoms. The number of hydrogen-bond donors (Lipinski definition) is 2. The number of benzene rings is 1. The molecule has 0 aliphatic rings. The topological polar surface area (TPSA) is 68.2 Å². The SMILES string of the molecule is COc1ccc(NC(=O)NC(c2nccn2C)C(C)C)cc1Cl. The Labute approximate surface area is 140 Å². The Morgan fingerprint density at radius 3 is 2.65 bits per heavy atom. The molecule has 124 valence electrons. The van der Waals surface area contributed by atoms with Crippen molar-refractivity contribution >= 4 is 23.3 Å². The summed E-state index contributed by atoms with van der Waals surface area (Å²) < 4.78 is 6.99. The van der Waals surface area contributed by atoms with Gasteiger partial charge in [-0.25, -0.2) is 9.78 Å². The molecule has 6 nitrogen and oxygen atoms in total. The van der Waals surface area contributed by atoms with E-state index < -0.39 is 0 Å². The van der Waals surface area contributed by atoms with Crippen LogP contribution in [0.1, 0.15) is 25.7 Å². The fourth-order valence-corrected chi connectivity index (χ4v) is 2.52. The van der Waals surface area contributed by atoms with Gasteiger partial charge in [-0.15, -0.1) is 0 Å². The van der Waals surface area contributed by atoms with Crippen LogP contribution in [0.5, 0.6) is 5.75 Å². The van der Waals surface area contributed by atoms with Crippen molar-refractivity contribution in [3.63, 3.8) is 0 Å². The molecule has 0 spiro atoms. The number of rotatable bonds is 5. The molecule has 1 atom stereocenters. The smallest absolute Gasteiger partial charge is 0.319 e. The van der Waals surface area contributed by atoms with Gasteiger partial charge in [-0.2, -0.15) is 0 Å². The zero-order valence-electron chi connectivity index (χ0n) is 13.6. The molecule has 2 amide bonds. The molecule has 1 aromatic carbocycles. The van der Waals surface area contributed by atoms with Crippen LogP contribution in [0.4, 0.5) is 10.5 Å². The van der Waals surface area contributed by atoms with Crippen LogP contribution in [0.15, 0.2) is 30.6 Å². The maximum atomic E-state index is 12.3. The number of nitrogens with one attached hydrogen (secondary N) is 2. The number of aromatic nitrogens is 2. The second kappa shape index (κ2) is 7.37. The van der Waals surface area contributed by atoms with Crippen LogP contribution in [0, 0.1) is 5.92 Å². The summed E-state index contributed by atoms with van der Waals surface area (Å²) >= 11 is 6.06. The minimum absolute atomic E-state index is 0.191. The van der Waals surface area contributed by atoms with Crippen LogP contribution in [0.2, 0.25) is 5.02 Å². The van der Waals surface area contributed by atoms with E-state index in [1.165, 1.54) is 0 Å². The number of urea groups is 1. The number of ether oxygens (including phenoxy) is 1. The van der Waals surface area contributed by atoms with Crippen LogP contribution in [0.3, 0.4) is 0 Å². The third-order valence-corrected chi connectivity index (χ3v) is 3.79.